The van der Waals surface area contributed by atoms with Crippen LogP contribution in [0.3, 0.4) is 0 Å². The van der Waals surface area contributed by atoms with E-state index in [9.17, 15) is 0 Å². The Morgan fingerprint density at radius 3 is 3.00 bits per heavy atom. The van der Waals surface area contributed by atoms with Crippen molar-refractivity contribution in [2.45, 2.75) is 51.1 Å². The summed E-state index contributed by atoms with van der Waals surface area (Å²) in [5.74, 6) is 3.68. The van der Waals surface area contributed by atoms with Gasteiger partial charge < -0.3 is 4.52 Å². The van der Waals surface area contributed by atoms with Gasteiger partial charge in [0.15, 0.2) is 5.82 Å². The second-order valence-corrected chi connectivity index (χ2v) is 5.98. The van der Waals surface area contributed by atoms with Crippen molar-refractivity contribution in [1.29, 1.82) is 0 Å². The first-order valence-corrected chi connectivity index (χ1v) is 7.76. The molecule has 7 heteroatoms. The van der Waals surface area contributed by atoms with Gasteiger partial charge in [0.05, 0.1) is 12.5 Å². The number of nitrogens with zero attached hydrogens (tertiary/aromatic N) is 6. The molecule has 1 saturated carbocycles. The Morgan fingerprint density at radius 2 is 2.19 bits per heavy atom. The maximum Gasteiger partial charge on any atom is 0.231 e. The molecule has 0 spiro atoms. The van der Waals surface area contributed by atoms with E-state index < -0.39 is 0 Å². The van der Waals surface area contributed by atoms with Gasteiger partial charge in [0.1, 0.15) is 12.2 Å². The van der Waals surface area contributed by atoms with Gasteiger partial charge >= 0.3 is 0 Å². The first-order chi connectivity index (χ1) is 10.3. The summed E-state index contributed by atoms with van der Waals surface area (Å²) in [6.07, 6.45) is 5.13. The van der Waals surface area contributed by atoms with Crippen LogP contribution < -0.4 is 0 Å². The molecular weight excluding hydrogens is 268 g/mol. The molecule has 0 N–H and O–H groups in total. The molecule has 0 unspecified atom stereocenters. The maximum absolute atomic E-state index is 5.46. The van der Waals surface area contributed by atoms with Crippen molar-refractivity contribution in [2.24, 2.45) is 0 Å². The number of hydrogen-bond acceptors (Lipinski definition) is 6. The third-order valence-electron chi connectivity index (χ3n) is 4.38. The molecule has 0 radical (unpaired) electrons. The van der Waals surface area contributed by atoms with Gasteiger partial charge in [-0.2, -0.15) is 10.1 Å². The largest absolute Gasteiger partial charge is 0.339 e. The van der Waals surface area contributed by atoms with Crippen molar-refractivity contribution in [3.05, 3.63) is 23.9 Å². The molecule has 0 bridgehead atoms. The topological polar surface area (TPSA) is 72.9 Å². The van der Waals surface area contributed by atoms with E-state index in [1.165, 1.54) is 12.8 Å². The lowest BCUT2D eigenvalue weighted by Crippen LogP contribution is -2.22. The summed E-state index contributed by atoms with van der Waals surface area (Å²) in [5.41, 5.74) is 0. The van der Waals surface area contributed by atoms with E-state index in [1.807, 2.05) is 4.68 Å². The predicted molar refractivity (Wildman–Crippen MR) is 74.6 cm³/mol. The standard InChI is InChI=1S/C14H20N6O/c1-2-20-12(15-9-16-20)8-19-6-5-11(7-19)14-17-13(18-21-14)10-3-4-10/h9-11H,2-8H2,1H3/t11-/m0/s1. The lowest BCUT2D eigenvalue weighted by molar-refractivity contribution is 0.297. The summed E-state index contributed by atoms with van der Waals surface area (Å²) in [5, 5.41) is 8.34. The van der Waals surface area contributed by atoms with Crippen LogP contribution in [0.1, 0.15) is 55.6 Å². The van der Waals surface area contributed by atoms with Crippen LogP contribution in [-0.2, 0) is 13.1 Å². The Balaban J connectivity index is 1.39. The zero-order valence-electron chi connectivity index (χ0n) is 12.3. The monoisotopic (exact) mass is 288 g/mol. The van der Waals surface area contributed by atoms with Gasteiger partial charge in [-0.3, -0.25) is 4.90 Å². The molecule has 1 saturated heterocycles. The number of aromatic nitrogens is 5. The third-order valence-corrected chi connectivity index (χ3v) is 4.38. The number of likely N-dealkylation sites (tertiary alicyclic amines) is 1. The van der Waals surface area contributed by atoms with Crippen LogP contribution >= 0.6 is 0 Å². The van der Waals surface area contributed by atoms with Gasteiger partial charge in [0.25, 0.3) is 0 Å². The van der Waals surface area contributed by atoms with Crippen LogP contribution in [0.5, 0.6) is 0 Å². The Bertz CT molecular complexity index is 617. The van der Waals surface area contributed by atoms with Crippen LogP contribution in [-0.4, -0.2) is 42.9 Å². The predicted octanol–water partition coefficient (Wildman–Crippen LogP) is 1.55. The highest BCUT2D eigenvalue weighted by molar-refractivity contribution is 5.06. The van der Waals surface area contributed by atoms with E-state index in [1.54, 1.807) is 6.33 Å². The molecule has 3 heterocycles. The minimum atomic E-state index is 0.364. The lowest BCUT2D eigenvalue weighted by Gasteiger charge is -2.14. The normalized spacial score (nSPS) is 23.0. The highest BCUT2D eigenvalue weighted by Gasteiger charge is 2.33. The minimum absolute atomic E-state index is 0.364. The van der Waals surface area contributed by atoms with Crippen LogP contribution in [0, 0.1) is 0 Å². The second-order valence-electron chi connectivity index (χ2n) is 5.98. The molecule has 0 amide bonds. The fourth-order valence-corrected chi connectivity index (χ4v) is 2.97. The van der Waals surface area contributed by atoms with Crippen molar-refractivity contribution >= 4 is 0 Å². The van der Waals surface area contributed by atoms with E-state index >= 15 is 0 Å². The minimum Gasteiger partial charge on any atom is -0.339 e. The van der Waals surface area contributed by atoms with E-state index in [0.717, 1.165) is 50.1 Å². The molecular formula is C14H20N6O. The summed E-state index contributed by atoms with van der Waals surface area (Å²) < 4.78 is 7.41. The number of rotatable bonds is 5. The molecule has 112 valence electrons. The fraction of sp³-hybridized carbons (Fsp3) is 0.714. The second kappa shape index (κ2) is 5.22. The molecule has 2 aromatic rings. The summed E-state index contributed by atoms with van der Waals surface area (Å²) in [6.45, 7) is 5.79. The molecule has 2 fully saturated rings. The summed E-state index contributed by atoms with van der Waals surface area (Å²) >= 11 is 0. The third kappa shape index (κ3) is 2.57. The van der Waals surface area contributed by atoms with Crippen molar-refractivity contribution < 1.29 is 4.52 Å². The van der Waals surface area contributed by atoms with Gasteiger partial charge in [-0.05, 0) is 32.7 Å². The maximum atomic E-state index is 5.46. The average Bonchev–Trinajstić information content (AvgIpc) is 2.95. The van der Waals surface area contributed by atoms with Gasteiger partial charge in [-0.15, -0.1) is 0 Å². The number of hydrogen-bond donors (Lipinski definition) is 0. The molecule has 1 aliphatic carbocycles. The van der Waals surface area contributed by atoms with E-state index in [0.29, 0.717) is 11.8 Å². The molecule has 1 atom stereocenters. The molecule has 7 nitrogen and oxygen atoms in total. The molecule has 1 aliphatic heterocycles. The molecule has 0 aromatic carbocycles. The average molecular weight is 288 g/mol. The first kappa shape index (κ1) is 12.9. The van der Waals surface area contributed by atoms with Crippen molar-refractivity contribution in [2.75, 3.05) is 13.1 Å². The van der Waals surface area contributed by atoms with Crippen molar-refractivity contribution in [1.82, 2.24) is 29.8 Å². The molecule has 21 heavy (non-hydrogen) atoms. The van der Waals surface area contributed by atoms with Crippen LogP contribution in [0.4, 0.5) is 0 Å². The smallest absolute Gasteiger partial charge is 0.231 e. The SMILES string of the molecule is CCn1ncnc1CN1CC[C@H](c2nc(C3CC3)no2)C1. The summed E-state index contributed by atoms with van der Waals surface area (Å²) in [6, 6.07) is 0. The summed E-state index contributed by atoms with van der Waals surface area (Å²) in [4.78, 5) is 11.3. The van der Waals surface area contributed by atoms with Gasteiger partial charge in [-0.25, -0.2) is 9.67 Å². The quantitative estimate of drug-likeness (QED) is 0.831. The van der Waals surface area contributed by atoms with Crippen LogP contribution in [0.15, 0.2) is 10.9 Å². The fourth-order valence-electron chi connectivity index (χ4n) is 2.97. The highest BCUT2D eigenvalue weighted by atomic mass is 16.5. The van der Waals surface area contributed by atoms with E-state index in [4.69, 9.17) is 4.52 Å². The zero-order chi connectivity index (χ0) is 14.2. The lowest BCUT2D eigenvalue weighted by atomic mass is 10.1. The van der Waals surface area contributed by atoms with E-state index in [-0.39, 0.29) is 0 Å². The zero-order valence-corrected chi connectivity index (χ0v) is 12.3. The summed E-state index contributed by atoms with van der Waals surface area (Å²) in [7, 11) is 0. The first-order valence-electron chi connectivity index (χ1n) is 7.76. The van der Waals surface area contributed by atoms with Crippen LogP contribution in [0.2, 0.25) is 0 Å². The Morgan fingerprint density at radius 1 is 1.29 bits per heavy atom. The van der Waals surface area contributed by atoms with Gasteiger partial charge in [0, 0.05) is 19.0 Å². The molecule has 2 aliphatic rings. The van der Waals surface area contributed by atoms with E-state index in [2.05, 4.69) is 32.0 Å². The Labute approximate surface area is 123 Å². The van der Waals surface area contributed by atoms with Crippen molar-refractivity contribution in [3.63, 3.8) is 0 Å². The van der Waals surface area contributed by atoms with Crippen molar-refractivity contribution in [3.8, 4) is 0 Å². The molecule has 4 rings (SSSR count). The number of aryl methyl sites for hydroxylation is 1. The molecule has 2 aromatic heterocycles. The van der Waals surface area contributed by atoms with Gasteiger partial charge in [-0.1, -0.05) is 5.16 Å². The Hall–Kier alpha value is -1.76. The van der Waals surface area contributed by atoms with Crippen LogP contribution in [0.25, 0.3) is 0 Å². The highest BCUT2D eigenvalue weighted by Crippen LogP contribution is 2.39. The van der Waals surface area contributed by atoms with Gasteiger partial charge in [0.2, 0.25) is 5.89 Å². The Kier molecular flexibility index (Phi) is 3.21.